The molecule has 2 atom stereocenters. The molecular formula is C34H44F2N6O10. The Kier molecular flexibility index (Phi) is 10.8. The molecule has 0 aliphatic carbocycles. The van der Waals surface area contributed by atoms with Gasteiger partial charge in [0.25, 0.3) is 0 Å². The highest BCUT2D eigenvalue weighted by Crippen LogP contribution is 2.29. The van der Waals surface area contributed by atoms with Gasteiger partial charge in [0.1, 0.15) is 23.8 Å². The number of anilines is 4. The predicted molar refractivity (Wildman–Crippen MR) is 184 cm³/mol. The van der Waals surface area contributed by atoms with Crippen LogP contribution in [0.3, 0.4) is 0 Å². The van der Waals surface area contributed by atoms with Crippen molar-refractivity contribution in [3.05, 3.63) is 48.0 Å². The quantitative estimate of drug-likeness (QED) is 0.240. The highest BCUT2D eigenvalue weighted by Gasteiger charge is 2.34. The van der Waals surface area contributed by atoms with Crippen LogP contribution in [0.25, 0.3) is 0 Å². The van der Waals surface area contributed by atoms with Gasteiger partial charge < -0.3 is 44.5 Å². The third-order valence-corrected chi connectivity index (χ3v) is 7.35. The maximum Gasteiger partial charge on any atom is 0.414 e. The molecule has 4 heterocycles. The second-order valence-corrected chi connectivity index (χ2v) is 11.3. The first kappa shape index (κ1) is 29.5. The zero-order valence-corrected chi connectivity index (χ0v) is 28.5. The lowest BCUT2D eigenvalue weighted by Crippen LogP contribution is -2.36. The van der Waals surface area contributed by atoms with Gasteiger partial charge in [-0.05, 0) is 36.4 Å². The summed E-state index contributed by atoms with van der Waals surface area (Å²) in [5, 5.41) is 2.55. The molecule has 16 nitrogen and oxygen atoms in total. The molecule has 3 amide bonds. The fraction of sp³-hybridized carbons (Fsp3) is 0.500. The summed E-state index contributed by atoms with van der Waals surface area (Å²) in [5.74, 6) is -2.81. The summed E-state index contributed by atoms with van der Waals surface area (Å²) in [6, 6.07) is 7.95. The largest absolute Gasteiger partial charge is 0.443 e. The van der Waals surface area contributed by atoms with Crippen molar-refractivity contribution < 1.29 is 67.4 Å². The highest BCUT2D eigenvalue weighted by atomic mass is 19.1. The zero-order valence-electron chi connectivity index (χ0n) is 36.5. The molecule has 0 aromatic heterocycles. The van der Waals surface area contributed by atoms with E-state index in [4.69, 9.17) is 35.6 Å². The van der Waals surface area contributed by atoms with E-state index in [1.165, 1.54) is 64.6 Å². The first-order valence-corrected chi connectivity index (χ1v) is 15.8. The van der Waals surface area contributed by atoms with Gasteiger partial charge in [-0.1, -0.05) is 0 Å². The van der Waals surface area contributed by atoms with Crippen molar-refractivity contribution in [3.63, 3.8) is 0 Å². The molecule has 18 heteroatoms. The minimum atomic E-state index is -2.28. The molecule has 2 aromatic carbocycles. The van der Waals surface area contributed by atoms with Crippen LogP contribution in [-0.4, -0.2) is 121 Å². The summed E-state index contributed by atoms with van der Waals surface area (Å²) in [6.07, 6.45) is -2.28. The number of ether oxygens (including phenoxy) is 5. The number of hydrogen-bond acceptors (Lipinski definition) is 13. The smallest absolute Gasteiger partial charge is 0.414 e. The number of esters is 2. The Balaban J connectivity index is 0.000000230. The van der Waals surface area contributed by atoms with Crippen molar-refractivity contribution in [1.29, 1.82) is 0 Å². The van der Waals surface area contributed by atoms with E-state index in [1.54, 1.807) is 0 Å². The van der Waals surface area contributed by atoms with Crippen LogP contribution in [0.4, 0.5) is 41.1 Å². The molecule has 0 saturated carbocycles. The van der Waals surface area contributed by atoms with E-state index >= 15 is 0 Å². The summed E-state index contributed by atoms with van der Waals surface area (Å²) < 4.78 is 114. The van der Waals surface area contributed by atoms with Crippen LogP contribution in [0.2, 0.25) is 0 Å². The fourth-order valence-corrected chi connectivity index (χ4v) is 4.99. The van der Waals surface area contributed by atoms with Crippen molar-refractivity contribution in [3.8, 4) is 0 Å². The molecule has 52 heavy (non-hydrogen) atoms. The van der Waals surface area contributed by atoms with E-state index in [0.717, 1.165) is 12.1 Å². The molecule has 3 N–H and O–H groups in total. The number of carbonyl (C=O) groups excluding carboxylic acids is 5. The first-order chi connectivity index (χ1) is 27.7. The number of cyclic esters (lactones) is 2. The summed E-state index contributed by atoms with van der Waals surface area (Å²) in [6.45, 7) is -5.98. The molecule has 6 rings (SSSR count). The number of nitrogens with two attached hydrogens (primary N) is 1. The maximum absolute atomic E-state index is 14.7. The van der Waals surface area contributed by atoms with Crippen molar-refractivity contribution in [2.75, 3.05) is 98.2 Å². The van der Waals surface area contributed by atoms with E-state index < -0.39 is 74.2 Å². The Bertz CT molecular complexity index is 1910. The third kappa shape index (κ3) is 11.2. The second-order valence-electron chi connectivity index (χ2n) is 11.3. The lowest BCUT2D eigenvalue weighted by Gasteiger charge is -2.29. The molecule has 4 aliphatic rings. The van der Waals surface area contributed by atoms with Gasteiger partial charge in [-0.25, -0.2) is 18.4 Å². The summed E-state index contributed by atoms with van der Waals surface area (Å²) in [7, 11) is 0. The average Bonchev–Trinajstić information content (AvgIpc) is 3.65. The first-order valence-electron chi connectivity index (χ1n) is 19.8. The van der Waals surface area contributed by atoms with Crippen LogP contribution in [-0.2, 0) is 38.1 Å². The van der Waals surface area contributed by atoms with Crippen molar-refractivity contribution >= 4 is 52.8 Å². The SMILES string of the molecule is CC(=O)OC(C)=O.[2H]C1([2H])CN(c2ccc(N3C[C@H](CN)OC3=O)cc2F)CC([2H])([2H])O1.[2H]C1([2H])CN(c2ccc(N3C[C@H](CNC(C)=O)OC3=O)cc2F)CC([2H])([2H])O1. The van der Waals surface area contributed by atoms with Crippen LogP contribution in [0, 0.1) is 11.6 Å². The van der Waals surface area contributed by atoms with Crippen molar-refractivity contribution in [2.45, 2.75) is 33.0 Å². The number of benzene rings is 2. The number of morpholine rings is 2. The third-order valence-electron chi connectivity index (χ3n) is 7.35. The molecule has 0 radical (unpaired) electrons. The predicted octanol–water partition coefficient (Wildman–Crippen LogP) is 2.17. The molecule has 4 saturated heterocycles. The topological polar surface area (TPSA) is 183 Å². The van der Waals surface area contributed by atoms with Gasteiger partial charge in [-0.2, -0.15) is 0 Å². The Morgan fingerprint density at radius 3 is 1.56 bits per heavy atom. The Morgan fingerprint density at radius 1 is 0.788 bits per heavy atom. The monoisotopic (exact) mass is 742 g/mol. The van der Waals surface area contributed by atoms with Crippen LogP contribution < -0.4 is 30.7 Å². The highest BCUT2D eigenvalue weighted by molar-refractivity contribution is 5.91. The Labute approximate surface area is 310 Å². The number of nitrogens with zero attached hydrogens (tertiary/aromatic N) is 4. The normalized spacial score (nSPS) is 26.0. The standard InChI is InChI=1S/C16H20FN3O4.C14H18FN3O3.C4H6O3/c1-11(21)18-9-13-10-20(16(22)24-13)12-2-3-15(14(17)8-12)19-4-6-23-7-5-19;15-12-7-10(18-9-11(8-16)21-14(18)19)1-2-13(12)17-3-5-20-6-4-17;1-3(5)7-4(2)6/h2-3,8,13H,4-7,9-10H2,1H3,(H,18,21);1-2,7,11H,3-6,8-9,16H2;1-2H3/t13-;11-;/m00./s1/i6D2,7D2;5D2,6D2;. The lowest BCUT2D eigenvalue weighted by molar-refractivity contribution is -0.156. The van der Waals surface area contributed by atoms with Crippen LogP contribution in [0.15, 0.2) is 36.4 Å². The second kappa shape index (κ2) is 19.0. The van der Waals surface area contributed by atoms with Gasteiger partial charge in [-0.3, -0.25) is 24.2 Å². The molecule has 4 aliphatic heterocycles. The number of hydrogen-bond donors (Lipinski definition) is 2. The zero-order chi connectivity index (χ0) is 45.0. The van der Waals surface area contributed by atoms with E-state index in [9.17, 15) is 32.8 Å². The number of halogens is 2. The number of rotatable bonds is 7. The van der Waals surface area contributed by atoms with Gasteiger partial charge in [-0.15, -0.1) is 0 Å². The summed E-state index contributed by atoms with van der Waals surface area (Å²) in [4.78, 5) is 59.4. The van der Waals surface area contributed by atoms with Gasteiger partial charge in [0.15, 0.2) is 0 Å². The number of carbonyl (C=O) groups is 5. The number of nitrogens with one attached hydrogen (secondary N) is 1. The minimum absolute atomic E-state index is 0.00200. The molecule has 284 valence electrons. The van der Waals surface area contributed by atoms with Crippen LogP contribution in [0.1, 0.15) is 31.7 Å². The van der Waals surface area contributed by atoms with Crippen LogP contribution >= 0.6 is 0 Å². The van der Waals surface area contributed by atoms with Gasteiger partial charge in [0.05, 0.1) is 79.6 Å². The van der Waals surface area contributed by atoms with Gasteiger partial charge in [0.2, 0.25) is 5.91 Å². The van der Waals surface area contributed by atoms with Crippen molar-refractivity contribution in [2.24, 2.45) is 5.73 Å². The molecule has 0 bridgehead atoms. The van der Waals surface area contributed by atoms with Crippen molar-refractivity contribution in [1.82, 2.24) is 5.32 Å². The van der Waals surface area contributed by atoms with Gasteiger partial charge >= 0.3 is 24.1 Å². The Hall–Kier alpha value is -5.07. The van der Waals surface area contributed by atoms with E-state index in [1.807, 2.05) is 0 Å². The molecule has 4 fully saturated rings. The number of amides is 3. The fourth-order valence-electron chi connectivity index (χ4n) is 4.99. The minimum Gasteiger partial charge on any atom is -0.443 e. The van der Waals surface area contributed by atoms with Gasteiger partial charge in [0, 0.05) is 53.5 Å². The molecule has 0 spiro atoms. The average molecular weight is 743 g/mol. The van der Waals surface area contributed by atoms with E-state index in [0.29, 0.717) is 5.69 Å². The molecular weight excluding hydrogens is 690 g/mol. The maximum atomic E-state index is 14.7. The molecule has 2 aromatic rings. The summed E-state index contributed by atoms with van der Waals surface area (Å²) in [5.41, 5.74) is 6.04. The van der Waals surface area contributed by atoms with E-state index in [-0.39, 0.29) is 75.3 Å². The lowest BCUT2D eigenvalue weighted by atomic mass is 10.2. The van der Waals surface area contributed by atoms with Crippen LogP contribution in [0.5, 0.6) is 0 Å². The molecule has 0 unspecified atom stereocenters. The summed E-state index contributed by atoms with van der Waals surface area (Å²) >= 11 is 0. The Morgan fingerprint density at radius 2 is 1.21 bits per heavy atom. The van der Waals surface area contributed by atoms with E-state index in [2.05, 4.69) is 10.1 Å².